The highest BCUT2D eigenvalue weighted by atomic mass is 32.1. The Balaban J connectivity index is 0.834. The largest absolute Gasteiger partial charge is 0.310 e. The fraction of sp³-hybridized carbons (Fsp3) is 0.0411. The van der Waals surface area contributed by atoms with Gasteiger partial charge in [-0.25, -0.2) is 0 Å². The molecule has 76 heavy (non-hydrogen) atoms. The first kappa shape index (κ1) is 44.2. The van der Waals surface area contributed by atoms with Gasteiger partial charge in [0.05, 0.1) is 5.69 Å². The second kappa shape index (κ2) is 17.4. The Morgan fingerprint density at radius 2 is 0.711 bits per heavy atom. The standard InChI is InChI=1S/C73H50N2S/c1-73(2)68-45-55(37-40-63(68)64-41-38-56(46-69(64)73)75(52-17-4-3-5-18-52)70-25-14-16-49-15-6-7-19-57(49)70)74(54-35-29-48(30-36-54)51-32-42-72-67(44-51)65-24-12-13-26-71(65)76-72)53-33-27-47(28-34-53)50-31-39-62-60-22-9-8-20-58(60)59-21-10-11-23-61(59)66(62)43-50/h3-46H,1-2H3. The highest BCUT2D eigenvalue weighted by Gasteiger charge is 2.37. The van der Waals surface area contributed by atoms with Gasteiger partial charge in [-0.15, -0.1) is 11.3 Å². The van der Waals surface area contributed by atoms with E-state index in [1.165, 1.54) is 108 Å². The molecular formula is C73H50N2S. The van der Waals surface area contributed by atoms with E-state index in [-0.39, 0.29) is 5.41 Å². The van der Waals surface area contributed by atoms with E-state index in [9.17, 15) is 0 Å². The molecule has 0 spiro atoms. The lowest BCUT2D eigenvalue weighted by Crippen LogP contribution is -2.17. The summed E-state index contributed by atoms with van der Waals surface area (Å²) in [5.41, 5.74) is 16.5. The van der Waals surface area contributed by atoms with Crippen molar-refractivity contribution in [1.29, 1.82) is 0 Å². The smallest absolute Gasteiger partial charge is 0.0540 e. The molecule has 0 bridgehead atoms. The summed E-state index contributed by atoms with van der Waals surface area (Å²) in [6.45, 7) is 4.79. The lowest BCUT2D eigenvalue weighted by molar-refractivity contribution is 0.660. The molecule has 0 fully saturated rings. The lowest BCUT2D eigenvalue weighted by atomic mass is 9.82. The monoisotopic (exact) mass is 986 g/mol. The van der Waals surface area contributed by atoms with Gasteiger partial charge in [-0.05, 0) is 173 Å². The molecule has 0 amide bonds. The van der Waals surface area contributed by atoms with Crippen molar-refractivity contribution in [1.82, 2.24) is 0 Å². The molecule has 1 aliphatic carbocycles. The topological polar surface area (TPSA) is 6.48 Å². The Bertz CT molecular complexity index is 4570. The first-order valence-corrected chi connectivity index (χ1v) is 27.1. The van der Waals surface area contributed by atoms with Crippen LogP contribution in [0.2, 0.25) is 0 Å². The first-order chi connectivity index (χ1) is 37.4. The molecule has 2 nitrogen and oxygen atoms in total. The molecule has 0 aliphatic heterocycles. The van der Waals surface area contributed by atoms with Gasteiger partial charge in [-0.1, -0.05) is 190 Å². The van der Waals surface area contributed by atoms with Crippen LogP contribution in [0.5, 0.6) is 0 Å². The van der Waals surface area contributed by atoms with Gasteiger partial charge in [0.15, 0.2) is 0 Å². The number of benzene rings is 13. The van der Waals surface area contributed by atoms with E-state index in [2.05, 4.69) is 291 Å². The summed E-state index contributed by atoms with van der Waals surface area (Å²) in [6.07, 6.45) is 0. The van der Waals surface area contributed by atoms with E-state index in [0.717, 1.165) is 34.1 Å². The minimum Gasteiger partial charge on any atom is -0.310 e. The van der Waals surface area contributed by atoms with Crippen molar-refractivity contribution >= 4 is 109 Å². The zero-order chi connectivity index (χ0) is 50.5. The molecule has 15 rings (SSSR count). The fourth-order valence-corrected chi connectivity index (χ4v) is 13.5. The zero-order valence-electron chi connectivity index (χ0n) is 42.2. The molecule has 1 aliphatic rings. The van der Waals surface area contributed by atoms with Crippen LogP contribution in [0.3, 0.4) is 0 Å². The summed E-state index contributed by atoms with van der Waals surface area (Å²) in [4.78, 5) is 4.86. The molecule has 0 atom stereocenters. The van der Waals surface area contributed by atoms with Crippen molar-refractivity contribution in [3.8, 4) is 33.4 Å². The maximum Gasteiger partial charge on any atom is 0.0540 e. The second-order valence-electron chi connectivity index (χ2n) is 20.8. The van der Waals surface area contributed by atoms with Crippen LogP contribution in [0.15, 0.2) is 267 Å². The number of hydrogen-bond donors (Lipinski definition) is 0. The van der Waals surface area contributed by atoms with Crippen molar-refractivity contribution in [2.45, 2.75) is 19.3 Å². The van der Waals surface area contributed by atoms with Gasteiger partial charge in [-0.2, -0.15) is 0 Å². The number of anilines is 6. The predicted octanol–water partition coefficient (Wildman–Crippen LogP) is 21.2. The van der Waals surface area contributed by atoms with E-state index in [1.807, 2.05) is 11.3 Å². The Hall–Kier alpha value is -9.28. The van der Waals surface area contributed by atoms with E-state index in [1.54, 1.807) is 0 Å². The van der Waals surface area contributed by atoms with Crippen molar-refractivity contribution < 1.29 is 0 Å². The molecule has 0 N–H and O–H groups in total. The highest BCUT2D eigenvalue weighted by Crippen LogP contribution is 2.53. The van der Waals surface area contributed by atoms with Crippen LogP contribution in [0.4, 0.5) is 34.1 Å². The van der Waals surface area contributed by atoms with Crippen molar-refractivity contribution in [2.75, 3.05) is 9.80 Å². The van der Waals surface area contributed by atoms with Crippen LogP contribution >= 0.6 is 11.3 Å². The average molecular weight is 987 g/mol. The second-order valence-corrected chi connectivity index (χ2v) is 21.9. The molecule has 0 saturated carbocycles. The van der Waals surface area contributed by atoms with Gasteiger partial charge in [0.25, 0.3) is 0 Å². The third-order valence-corrected chi connectivity index (χ3v) is 17.4. The van der Waals surface area contributed by atoms with E-state index < -0.39 is 0 Å². The van der Waals surface area contributed by atoms with Gasteiger partial charge in [0.1, 0.15) is 0 Å². The number of rotatable bonds is 8. The van der Waals surface area contributed by atoms with Crippen LogP contribution in [0.25, 0.3) is 96.6 Å². The SMILES string of the molecule is CC1(C)c2cc(N(c3ccc(-c4ccc5sc6ccccc6c5c4)cc3)c3ccc(-c4ccc5c6ccccc6c6ccccc6c5c4)cc3)ccc2-c2ccc(N(c3ccccc3)c3cccc4ccccc34)cc21. The van der Waals surface area contributed by atoms with Gasteiger partial charge < -0.3 is 9.80 Å². The van der Waals surface area contributed by atoms with Gasteiger partial charge >= 0.3 is 0 Å². The van der Waals surface area contributed by atoms with E-state index >= 15 is 0 Å². The number of para-hydroxylation sites is 1. The molecule has 1 aromatic heterocycles. The Morgan fingerprint density at radius 3 is 1.34 bits per heavy atom. The molecule has 13 aromatic carbocycles. The predicted molar refractivity (Wildman–Crippen MR) is 327 cm³/mol. The van der Waals surface area contributed by atoms with E-state index in [0.29, 0.717) is 0 Å². The maximum atomic E-state index is 2.45. The number of thiophene rings is 1. The van der Waals surface area contributed by atoms with Crippen molar-refractivity contribution in [3.63, 3.8) is 0 Å². The first-order valence-electron chi connectivity index (χ1n) is 26.3. The number of nitrogens with zero attached hydrogens (tertiary/aromatic N) is 2. The summed E-state index contributed by atoms with van der Waals surface area (Å²) in [7, 11) is 0. The minimum atomic E-state index is -0.284. The molecule has 358 valence electrons. The fourth-order valence-electron chi connectivity index (χ4n) is 12.4. The van der Waals surface area contributed by atoms with Crippen molar-refractivity contribution in [2.24, 2.45) is 0 Å². The molecule has 3 heteroatoms. The summed E-state index contributed by atoms with van der Waals surface area (Å²) >= 11 is 1.86. The normalized spacial score (nSPS) is 12.7. The molecule has 0 unspecified atom stereocenters. The minimum absolute atomic E-state index is 0.284. The average Bonchev–Trinajstić information content (AvgIpc) is 3.98. The van der Waals surface area contributed by atoms with Crippen LogP contribution in [-0.2, 0) is 5.41 Å². The summed E-state index contributed by atoms with van der Waals surface area (Å²) < 4.78 is 2.64. The summed E-state index contributed by atoms with van der Waals surface area (Å²) in [5, 5.41) is 12.8. The van der Waals surface area contributed by atoms with Gasteiger partial charge in [-0.3, -0.25) is 0 Å². The summed E-state index contributed by atoms with van der Waals surface area (Å²) in [6, 6.07) is 99.0. The number of hydrogen-bond acceptors (Lipinski definition) is 3. The third kappa shape index (κ3) is 7.08. The molecule has 14 aromatic rings. The Kier molecular flexibility index (Phi) is 10.1. The van der Waals surface area contributed by atoms with Crippen LogP contribution in [-0.4, -0.2) is 0 Å². The third-order valence-electron chi connectivity index (χ3n) is 16.2. The summed E-state index contributed by atoms with van der Waals surface area (Å²) in [5.74, 6) is 0. The van der Waals surface area contributed by atoms with Crippen LogP contribution in [0.1, 0.15) is 25.0 Å². The van der Waals surface area contributed by atoms with E-state index in [4.69, 9.17) is 0 Å². The quantitative estimate of drug-likeness (QED) is 0.140. The molecule has 1 heterocycles. The van der Waals surface area contributed by atoms with Gasteiger partial charge in [0, 0.05) is 59.4 Å². The number of fused-ring (bicyclic) bond motifs is 13. The highest BCUT2D eigenvalue weighted by molar-refractivity contribution is 7.25. The Labute approximate surface area is 446 Å². The van der Waals surface area contributed by atoms with Crippen LogP contribution < -0.4 is 9.80 Å². The van der Waals surface area contributed by atoms with Gasteiger partial charge in [0.2, 0.25) is 0 Å². The molecule has 0 radical (unpaired) electrons. The zero-order valence-corrected chi connectivity index (χ0v) is 43.0. The molecular weight excluding hydrogens is 937 g/mol. The van der Waals surface area contributed by atoms with Crippen LogP contribution in [0, 0.1) is 0 Å². The Morgan fingerprint density at radius 1 is 0.276 bits per heavy atom. The van der Waals surface area contributed by atoms with Crippen molar-refractivity contribution in [3.05, 3.63) is 278 Å². The molecule has 0 saturated heterocycles. The maximum absolute atomic E-state index is 2.45. The lowest BCUT2D eigenvalue weighted by Gasteiger charge is -2.29.